The third-order valence-electron chi connectivity index (χ3n) is 3.16. The van der Waals surface area contributed by atoms with Gasteiger partial charge in [0.15, 0.2) is 0 Å². The fraction of sp³-hybridized carbons (Fsp3) is 0.467. The molecule has 0 aliphatic carbocycles. The molecule has 0 fully saturated rings. The van der Waals surface area contributed by atoms with E-state index in [1.165, 1.54) is 16.0 Å². The number of likely N-dealkylation sites (N-methyl/N-ethyl adjacent to an activating group) is 1. The maximum Gasteiger partial charge on any atom is 0.397 e. The highest BCUT2D eigenvalue weighted by Crippen LogP contribution is 2.16. The van der Waals surface area contributed by atoms with Crippen LogP contribution in [0.2, 0.25) is 0 Å². The molecule has 1 amide bonds. The van der Waals surface area contributed by atoms with E-state index in [1.807, 2.05) is 13.8 Å². The SMILES string of the molecule is CCOC(=O)C(=O)N(C)Cc1cc(C)c(C)cc1C. The number of nitrogens with zero attached hydrogens (tertiary/aromatic N) is 1. The molecule has 0 radical (unpaired) electrons. The number of hydrogen-bond donors (Lipinski definition) is 0. The van der Waals surface area contributed by atoms with Crippen molar-refractivity contribution in [2.24, 2.45) is 0 Å². The smallest absolute Gasteiger partial charge is 0.397 e. The van der Waals surface area contributed by atoms with Gasteiger partial charge >= 0.3 is 11.9 Å². The van der Waals surface area contributed by atoms with Gasteiger partial charge < -0.3 is 9.64 Å². The molecule has 0 saturated heterocycles. The summed E-state index contributed by atoms with van der Waals surface area (Å²) in [4.78, 5) is 24.5. The van der Waals surface area contributed by atoms with E-state index in [0.29, 0.717) is 6.54 Å². The van der Waals surface area contributed by atoms with E-state index in [0.717, 1.165) is 11.1 Å². The van der Waals surface area contributed by atoms with E-state index in [-0.39, 0.29) is 6.61 Å². The van der Waals surface area contributed by atoms with Gasteiger partial charge in [0.25, 0.3) is 0 Å². The average molecular weight is 263 g/mol. The number of carbonyl (C=O) groups excluding carboxylic acids is 2. The summed E-state index contributed by atoms with van der Waals surface area (Å²) in [5.74, 6) is -1.41. The molecule has 0 aromatic heterocycles. The van der Waals surface area contributed by atoms with Crippen LogP contribution in [0.25, 0.3) is 0 Å². The highest BCUT2D eigenvalue weighted by Gasteiger charge is 2.20. The molecule has 0 N–H and O–H groups in total. The predicted octanol–water partition coefficient (Wildman–Crippen LogP) is 2.13. The first-order valence-electron chi connectivity index (χ1n) is 6.35. The van der Waals surface area contributed by atoms with E-state index in [2.05, 4.69) is 19.1 Å². The summed E-state index contributed by atoms with van der Waals surface area (Å²) in [7, 11) is 1.61. The van der Waals surface area contributed by atoms with E-state index in [4.69, 9.17) is 4.74 Å². The first kappa shape index (κ1) is 15.2. The minimum Gasteiger partial charge on any atom is -0.459 e. The summed E-state index contributed by atoms with van der Waals surface area (Å²) in [6, 6.07) is 4.15. The van der Waals surface area contributed by atoms with Crippen LogP contribution in [0, 0.1) is 20.8 Å². The fourth-order valence-electron chi connectivity index (χ4n) is 1.87. The molecular weight excluding hydrogens is 242 g/mol. The fourth-order valence-corrected chi connectivity index (χ4v) is 1.87. The van der Waals surface area contributed by atoms with E-state index < -0.39 is 11.9 Å². The van der Waals surface area contributed by atoms with Gasteiger partial charge in [0.2, 0.25) is 0 Å². The summed E-state index contributed by atoms with van der Waals surface area (Å²) in [5.41, 5.74) is 4.56. The molecule has 19 heavy (non-hydrogen) atoms. The summed E-state index contributed by atoms with van der Waals surface area (Å²) >= 11 is 0. The molecule has 0 spiro atoms. The van der Waals surface area contributed by atoms with Gasteiger partial charge in [0.05, 0.1) is 6.61 Å². The first-order chi connectivity index (χ1) is 8.86. The summed E-state index contributed by atoms with van der Waals surface area (Å²) in [6.07, 6.45) is 0. The molecule has 0 saturated carbocycles. The van der Waals surface area contributed by atoms with Gasteiger partial charge in [0, 0.05) is 13.6 Å². The number of ether oxygens (including phenoxy) is 1. The number of benzene rings is 1. The molecule has 0 aliphatic rings. The standard InChI is InChI=1S/C15H21NO3/c1-6-19-15(18)14(17)16(5)9-13-8-11(3)10(2)7-12(13)4/h7-8H,6,9H2,1-5H3. The van der Waals surface area contributed by atoms with Crippen LogP contribution in [0.15, 0.2) is 12.1 Å². The second-order valence-electron chi connectivity index (χ2n) is 4.74. The van der Waals surface area contributed by atoms with Crippen LogP contribution in [-0.2, 0) is 20.9 Å². The molecule has 4 heteroatoms. The van der Waals surface area contributed by atoms with Gasteiger partial charge in [-0.1, -0.05) is 12.1 Å². The Hall–Kier alpha value is -1.84. The molecule has 1 aromatic rings. The normalized spacial score (nSPS) is 10.2. The summed E-state index contributed by atoms with van der Waals surface area (Å²) in [5, 5.41) is 0. The Morgan fingerprint density at radius 3 is 2.26 bits per heavy atom. The molecular formula is C15H21NO3. The Morgan fingerprint density at radius 1 is 1.11 bits per heavy atom. The van der Waals surface area contributed by atoms with E-state index >= 15 is 0 Å². The monoisotopic (exact) mass is 263 g/mol. The number of hydrogen-bond acceptors (Lipinski definition) is 3. The van der Waals surface area contributed by atoms with E-state index in [9.17, 15) is 9.59 Å². The predicted molar refractivity (Wildman–Crippen MR) is 73.8 cm³/mol. The topological polar surface area (TPSA) is 46.6 Å². The second kappa shape index (κ2) is 6.36. The maximum atomic E-state index is 11.8. The van der Waals surface area contributed by atoms with Crippen molar-refractivity contribution in [3.05, 3.63) is 34.4 Å². The van der Waals surface area contributed by atoms with Crippen LogP contribution >= 0.6 is 0 Å². The molecule has 104 valence electrons. The zero-order valence-electron chi connectivity index (χ0n) is 12.2. The number of amides is 1. The Balaban J connectivity index is 2.82. The Bertz CT molecular complexity index is 494. The second-order valence-corrected chi connectivity index (χ2v) is 4.74. The highest BCUT2D eigenvalue weighted by molar-refractivity contribution is 6.32. The zero-order chi connectivity index (χ0) is 14.6. The molecule has 0 unspecified atom stereocenters. The molecule has 0 atom stereocenters. The van der Waals surface area contributed by atoms with Crippen molar-refractivity contribution in [1.29, 1.82) is 0 Å². The number of carbonyl (C=O) groups is 2. The van der Waals surface area contributed by atoms with Crippen LogP contribution in [0.3, 0.4) is 0 Å². The van der Waals surface area contributed by atoms with Crippen molar-refractivity contribution in [2.45, 2.75) is 34.2 Å². The van der Waals surface area contributed by atoms with Gasteiger partial charge in [-0.25, -0.2) is 4.79 Å². The molecule has 1 aromatic carbocycles. The lowest BCUT2D eigenvalue weighted by atomic mass is 10.0. The lowest BCUT2D eigenvalue weighted by molar-refractivity contribution is -0.159. The summed E-state index contributed by atoms with van der Waals surface area (Å²) in [6.45, 7) is 8.39. The van der Waals surface area contributed by atoms with Crippen molar-refractivity contribution in [3.8, 4) is 0 Å². The number of aryl methyl sites for hydroxylation is 3. The van der Waals surface area contributed by atoms with Crippen molar-refractivity contribution in [1.82, 2.24) is 4.90 Å². The Labute approximate surface area is 114 Å². The minimum absolute atomic E-state index is 0.209. The van der Waals surface area contributed by atoms with Crippen molar-refractivity contribution >= 4 is 11.9 Å². The minimum atomic E-state index is -0.800. The molecule has 0 aliphatic heterocycles. The highest BCUT2D eigenvalue weighted by atomic mass is 16.5. The van der Waals surface area contributed by atoms with Gasteiger partial charge in [-0.05, 0) is 49.9 Å². The lowest BCUT2D eigenvalue weighted by Gasteiger charge is -2.18. The molecule has 0 bridgehead atoms. The largest absolute Gasteiger partial charge is 0.459 e. The molecule has 4 nitrogen and oxygen atoms in total. The van der Waals surface area contributed by atoms with Crippen molar-refractivity contribution in [2.75, 3.05) is 13.7 Å². The van der Waals surface area contributed by atoms with Crippen LogP contribution < -0.4 is 0 Å². The lowest BCUT2D eigenvalue weighted by Crippen LogP contribution is -2.34. The number of esters is 1. The molecule has 0 heterocycles. The Morgan fingerprint density at radius 2 is 1.68 bits per heavy atom. The van der Waals surface area contributed by atoms with Crippen LogP contribution in [-0.4, -0.2) is 30.4 Å². The van der Waals surface area contributed by atoms with Crippen LogP contribution in [0.1, 0.15) is 29.2 Å². The summed E-state index contributed by atoms with van der Waals surface area (Å²) < 4.78 is 4.71. The van der Waals surface area contributed by atoms with Crippen molar-refractivity contribution in [3.63, 3.8) is 0 Å². The van der Waals surface area contributed by atoms with Crippen LogP contribution in [0.4, 0.5) is 0 Å². The van der Waals surface area contributed by atoms with Crippen LogP contribution in [0.5, 0.6) is 0 Å². The quantitative estimate of drug-likeness (QED) is 0.620. The van der Waals surface area contributed by atoms with Gasteiger partial charge in [-0.2, -0.15) is 0 Å². The van der Waals surface area contributed by atoms with Crippen molar-refractivity contribution < 1.29 is 14.3 Å². The van der Waals surface area contributed by atoms with E-state index in [1.54, 1.807) is 14.0 Å². The first-order valence-corrected chi connectivity index (χ1v) is 6.35. The third-order valence-corrected chi connectivity index (χ3v) is 3.16. The maximum absolute atomic E-state index is 11.8. The molecule has 1 rings (SSSR count). The van der Waals surface area contributed by atoms with Gasteiger partial charge in [-0.3, -0.25) is 4.79 Å². The average Bonchev–Trinajstić information content (AvgIpc) is 2.35. The van der Waals surface area contributed by atoms with Gasteiger partial charge in [-0.15, -0.1) is 0 Å². The number of rotatable bonds is 3. The third kappa shape index (κ3) is 3.81. The zero-order valence-corrected chi connectivity index (χ0v) is 12.2. The Kier molecular flexibility index (Phi) is 5.10. The van der Waals surface area contributed by atoms with Gasteiger partial charge in [0.1, 0.15) is 0 Å².